The third-order valence-corrected chi connectivity index (χ3v) is 4.72. The third-order valence-electron chi connectivity index (χ3n) is 4.16. The Balaban J connectivity index is 1.86. The van der Waals surface area contributed by atoms with Crippen molar-refractivity contribution in [1.82, 2.24) is 19.5 Å². The smallest absolute Gasteiger partial charge is 0.280 e. The summed E-state index contributed by atoms with van der Waals surface area (Å²) in [5, 5.41) is 12.7. The van der Waals surface area contributed by atoms with Gasteiger partial charge < -0.3 is 9.84 Å². The van der Waals surface area contributed by atoms with Crippen molar-refractivity contribution in [1.29, 1.82) is 0 Å². The number of nitrogens with zero attached hydrogens (tertiary/aromatic N) is 3. The monoisotopic (exact) mass is 415 g/mol. The van der Waals surface area contributed by atoms with Gasteiger partial charge in [-0.25, -0.2) is 4.98 Å². The Kier molecular flexibility index (Phi) is 5.52. The quantitative estimate of drug-likeness (QED) is 0.519. The number of aliphatic hydroxyl groups excluding tert-OH is 1. The number of carbonyl (C=O) groups is 1. The molecule has 28 heavy (non-hydrogen) atoms. The van der Waals surface area contributed by atoms with Crippen molar-refractivity contribution < 1.29 is 27.2 Å². The Morgan fingerprint density at radius 1 is 1.54 bits per heavy atom. The van der Waals surface area contributed by atoms with Crippen LogP contribution in [0.3, 0.4) is 0 Å². The summed E-state index contributed by atoms with van der Waals surface area (Å²) in [5.74, 6) is -0.664. The zero-order chi connectivity index (χ0) is 20.6. The van der Waals surface area contributed by atoms with Gasteiger partial charge >= 0.3 is 0 Å². The lowest BCUT2D eigenvalue weighted by molar-refractivity contribution is -0.118. The van der Waals surface area contributed by atoms with Crippen molar-refractivity contribution in [3.8, 4) is 0 Å². The summed E-state index contributed by atoms with van der Waals surface area (Å²) in [6.45, 7) is 3.05. The van der Waals surface area contributed by atoms with E-state index in [2.05, 4.69) is 24.5 Å². The second-order valence-corrected chi connectivity index (χ2v) is 8.45. The second-order valence-electron chi connectivity index (χ2n) is 6.80. The number of ether oxygens (including phenoxy) is 1. The first-order valence-electron chi connectivity index (χ1n) is 8.51. The maximum absolute atomic E-state index is 12.2. The van der Waals surface area contributed by atoms with Crippen LogP contribution in [0, 0.1) is 5.92 Å². The average molecular weight is 415 g/mol. The molecule has 3 heterocycles. The number of amides is 1. The van der Waals surface area contributed by atoms with Crippen LogP contribution >= 0.6 is 0 Å². The highest BCUT2D eigenvalue weighted by Gasteiger charge is 2.36. The second kappa shape index (κ2) is 7.58. The van der Waals surface area contributed by atoms with Gasteiger partial charge in [-0.3, -0.25) is 28.6 Å². The summed E-state index contributed by atoms with van der Waals surface area (Å²) < 4.78 is 34.1. The number of aromatic nitrogens is 4. The highest BCUT2D eigenvalue weighted by atomic mass is 32.2. The van der Waals surface area contributed by atoms with Crippen LogP contribution in [-0.4, -0.2) is 64.0 Å². The first-order valence-corrected chi connectivity index (χ1v) is 10.3. The average Bonchev–Trinajstić information content (AvgIpc) is 3.15. The van der Waals surface area contributed by atoms with Gasteiger partial charge in [-0.15, -0.1) is 0 Å². The van der Waals surface area contributed by atoms with E-state index in [-0.39, 0.29) is 42.0 Å². The molecular weight excluding hydrogens is 394 g/mol. The number of nitrogens with one attached hydrogen (secondary N) is 2. The Morgan fingerprint density at radius 2 is 2.25 bits per heavy atom. The summed E-state index contributed by atoms with van der Waals surface area (Å²) in [7, 11) is -3.68. The van der Waals surface area contributed by atoms with Crippen LogP contribution < -0.4 is 10.9 Å². The summed E-state index contributed by atoms with van der Waals surface area (Å²) >= 11 is 0. The van der Waals surface area contributed by atoms with Crippen LogP contribution in [0.4, 0.5) is 5.95 Å². The van der Waals surface area contributed by atoms with E-state index in [4.69, 9.17) is 4.74 Å². The number of hydrogen-bond donors (Lipinski definition) is 3. The molecule has 0 aliphatic carbocycles. The van der Waals surface area contributed by atoms with Gasteiger partial charge in [0.25, 0.3) is 15.7 Å². The molecule has 0 aromatic carbocycles. The topological polar surface area (TPSA) is 165 Å². The molecule has 0 radical (unpaired) electrons. The maximum Gasteiger partial charge on any atom is 0.280 e. The molecule has 2 aromatic rings. The molecule has 3 rings (SSSR count). The lowest BCUT2D eigenvalue weighted by Gasteiger charge is -2.15. The molecule has 2 aromatic heterocycles. The molecule has 1 fully saturated rings. The maximum atomic E-state index is 12.2. The van der Waals surface area contributed by atoms with Gasteiger partial charge in [0.1, 0.15) is 12.3 Å². The van der Waals surface area contributed by atoms with Crippen molar-refractivity contribution in [3.63, 3.8) is 0 Å². The van der Waals surface area contributed by atoms with Gasteiger partial charge in [0.2, 0.25) is 11.9 Å². The number of rotatable bonds is 6. The number of anilines is 1. The predicted octanol–water partition coefficient (Wildman–Crippen LogP) is -0.661. The molecule has 1 saturated heterocycles. The Morgan fingerprint density at radius 3 is 2.89 bits per heavy atom. The van der Waals surface area contributed by atoms with Crippen molar-refractivity contribution >= 4 is 33.1 Å². The Hall–Kier alpha value is -2.35. The van der Waals surface area contributed by atoms with E-state index in [1.165, 1.54) is 10.9 Å². The van der Waals surface area contributed by atoms with E-state index < -0.39 is 34.1 Å². The predicted molar refractivity (Wildman–Crippen MR) is 96.9 cm³/mol. The minimum Gasteiger partial charge on any atom is -0.390 e. The number of aromatic amines is 1. The van der Waals surface area contributed by atoms with Gasteiger partial charge in [-0.1, -0.05) is 13.8 Å². The summed E-state index contributed by atoms with van der Waals surface area (Å²) in [5.41, 5.74) is -0.348. The third kappa shape index (κ3) is 4.38. The van der Waals surface area contributed by atoms with E-state index >= 15 is 0 Å². The fourth-order valence-corrected chi connectivity index (χ4v) is 3.06. The van der Waals surface area contributed by atoms with Crippen molar-refractivity contribution in [3.05, 3.63) is 16.7 Å². The highest BCUT2D eigenvalue weighted by molar-refractivity contribution is 7.85. The van der Waals surface area contributed by atoms with Gasteiger partial charge in [-0.2, -0.15) is 13.4 Å². The molecule has 0 unspecified atom stereocenters. The van der Waals surface area contributed by atoms with E-state index in [1.807, 2.05) is 0 Å². The number of H-pyrrole nitrogens is 1. The molecule has 3 N–H and O–H groups in total. The first-order chi connectivity index (χ1) is 13.0. The van der Waals surface area contributed by atoms with E-state index in [0.717, 1.165) is 6.26 Å². The molecule has 13 heteroatoms. The van der Waals surface area contributed by atoms with Crippen molar-refractivity contribution in [2.24, 2.45) is 5.92 Å². The molecule has 3 atom stereocenters. The highest BCUT2D eigenvalue weighted by Crippen LogP contribution is 2.30. The lowest BCUT2D eigenvalue weighted by atomic mass is 10.2. The molecule has 0 spiro atoms. The van der Waals surface area contributed by atoms with Crippen LogP contribution in [0.2, 0.25) is 0 Å². The fourth-order valence-electron chi connectivity index (χ4n) is 2.68. The number of aliphatic hydroxyl groups is 1. The lowest BCUT2D eigenvalue weighted by Crippen LogP contribution is -2.27. The van der Waals surface area contributed by atoms with E-state index in [0.29, 0.717) is 0 Å². The molecule has 12 nitrogen and oxygen atoms in total. The number of imidazole rings is 1. The van der Waals surface area contributed by atoms with Gasteiger partial charge in [0.05, 0.1) is 25.3 Å². The zero-order valence-electron chi connectivity index (χ0n) is 15.4. The van der Waals surface area contributed by atoms with E-state index in [9.17, 15) is 23.1 Å². The normalized spacial score (nSPS) is 22.8. The van der Waals surface area contributed by atoms with Crippen molar-refractivity contribution in [2.75, 3.05) is 18.2 Å². The van der Waals surface area contributed by atoms with Crippen LogP contribution in [0.25, 0.3) is 11.2 Å². The van der Waals surface area contributed by atoms with Gasteiger partial charge in [0, 0.05) is 12.3 Å². The standard InChI is InChI=1S/C15H21N5O7S/c1-7(2)13(22)18-15-17-12-11(14(23)19-15)16-6-20(12)10-4-8(21)9(27-10)5-26-28(3,24)25/h6-10,21H,4-5H2,1-3H3,(H2,17,18,19,22,23)/t8-,9+,10+/m0/s1. The van der Waals surface area contributed by atoms with Gasteiger partial charge in [-0.05, 0) is 0 Å². The number of fused-ring (bicyclic) bond motifs is 1. The first kappa shape index (κ1) is 20.4. The van der Waals surface area contributed by atoms with Crippen LogP contribution in [0.15, 0.2) is 11.1 Å². The summed E-state index contributed by atoms with van der Waals surface area (Å²) in [6.07, 6.45) is -0.247. The van der Waals surface area contributed by atoms with E-state index in [1.54, 1.807) is 13.8 Å². The van der Waals surface area contributed by atoms with Crippen LogP contribution in [-0.2, 0) is 23.8 Å². The summed E-state index contributed by atoms with van der Waals surface area (Å²) in [4.78, 5) is 34.8. The number of hydrogen-bond acceptors (Lipinski definition) is 9. The molecule has 1 aliphatic rings. The summed E-state index contributed by atoms with van der Waals surface area (Å²) in [6, 6.07) is 0. The van der Waals surface area contributed by atoms with Gasteiger partial charge in [0.15, 0.2) is 11.2 Å². The Bertz CT molecular complexity index is 1040. The molecule has 0 saturated carbocycles. The van der Waals surface area contributed by atoms with Crippen LogP contribution in [0.1, 0.15) is 26.5 Å². The fraction of sp³-hybridized carbons (Fsp3) is 0.600. The minimum absolute atomic E-state index is 0.0338. The molecule has 1 aliphatic heterocycles. The largest absolute Gasteiger partial charge is 0.390 e. The Labute approximate surface area is 160 Å². The molecule has 154 valence electrons. The SMILES string of the molecule is CC(C)C(=O)Nc1nc2c(ncn2[C@H]2C[C@H](O)[C@@H](COS(C)(=O)=O)O2)c(=O)[nH]1. The van der Waals surface area contributed by atoms with Crippen LogP contribution in [0.5, 0.6) is 0 Å². The molecule has 0 bridgehead atoms. The zero-order valence-corrected chi connectivity index (χ0v) is 16.3. The van der Waals surface area contributed by atoms with Crippen molar-refractivity contribution in [2.45, 2.75) is 38.7 Å². The number of carbonyl (C=O) groups excluding carboxylic acids is 1. The molecular formula is C15H21N5O7S. The molecule has 1 amide bonds. The minimum atomic E-state index is -3.68.